The minimum atomic E-state index is 0.742. The Morgan fingerprint density at radius 3 is 2.33 bits per heavy atom. The first-order valence-corrected chi connectivity index (χ1v) is 6.09. The van der Waals surface area contributed by atoms with E-state index in [1.54, 1.807) is 0 Å². The first-order chi connectivity index (χ1) is 8.93. The van der Waals surface area contributed by atoms with Gasteiger partial charge in [0.05, 0.1) is 0 Å². The van der Waals surface area contributed by atoms with Crippen molar-refractivity contribution >= 4 is 11.5 Å². The highest BCUT2D eigenvalue weighted by Crippen LogP contribution is 2.17. The van der Waals surface area contributed by atoms with Gasteiger partial charge in [0, 0.05) is 12.1 Å². The van der Waals surface area contributed by atoms with E-state index in [1.807, 2.05) is 24.3 Å². The zero-order valence-electron chi connectivity index (χ0n) is 10.1. The summed E-state index contributed by atoms with van der Waals surface area (Å²) < 4.78 is 0. The van der Waals surface area contributed by atoms with Gasteiger partial charge in [0.2, 0.25) is 0 Å². The molecule has 2 aromatic carbocycles. The lowest BCUT2D eigenvalue weighted by Gasteiger charge is -2.19. The summed E-state index contributed by atoms with van der Waals surface area (Å²) >= 11 is 0. The predicted molar refractivity (Wildman–Crippen MR) is 74.5 cm³/mol. The number of nitrogens with one attached hydrogen (secondary N) is 1. The molecule has 90 valence electrons. The molecule has 0 aromatic heterocycles. The molecule has 0 saturated carbocycles. The molecule has 1 N–H and O–H groups in total. The fourth-order valence-corrected chi connectivity index (χ4v) is 2.11. The third-order valence-electron chi connectivity index (χ3n) is 3.02. The largest absolute Gasteiger partial charge is 0.309 e. The van der Waals surface area contributed by atoms with Crippen LogP contribution in [0.15, 0.2) is 65.8 Å². The lowest BCUT2D eigenvalue weighted by Crippen LogP contribution is -2.30. The summed E-state index contributed by atoms with van der Waals surface area (Å²) in [6.45, 7) is 0.742. The molecule has 2 aromatic rings. The summed E-state index contributed by atoms with van der Waals surface area (Å²) in [7, 11) is 0. The van der Waals surface area contributed by atoms with E-state index in [-0.39, 0.29) is 0 Å². The third-order valence-corrected chi connectivity index (χ3v) is 3.02. The Kier molecular flexibility index (Phi) is 2.96. The smallest absolute Gasteiger partial charge is 0.135 e. The van der Waals surface area contributed by atoms with Gasteiger partial charge in [-0.05, 0) is 17.7 Å². The Morgan fingerprint density at radius 2 is 1.61 bits per heavy atom. The molecule has 18 heavy (non-hydrogen) atoms. The Labute approximate surface area is 107 Å². The molecule has 1 heterocycles. The highest BCUT2D eigenvalue weighted by molar-refractivity contribution is 6.00. The predicted octanol–water partition coefficient (Wildman–Crippen LogP) is 2.61. The standard InChI is InChI=1S/C15H15N3/c1-3-7-13(8-4-1)11-15-17-16-12-18(15)14-9-5-2-6-10-14/h1-10,16H,11-12H2. The number of anilines is 1. The fourth-order valence-electron chi connectivity index (χ4n) is 2.11. The van der Waals surface area contributed by atoms with Gasteiger partial charge in [-0.15, -0.1) is 0 Å². The fraction of sp³-hybridized carbons (Fsp3) is 0.133. The number of hydrogen-bond donors (Lipinski definition) is 1. The molecular weight excluding hydrogens is 222 g/mol. The van der Waals surface area contributed by atoms with Crippen molar-refractivity contribution in [2.75, 3.05) is 11.6 Å². The van der Waals surface area contributed by atoms with Crippen LogP contribution in [0.2, 0.25) is 0 Å². The molecule has 0 saturated heterocycles. The summed E-state index contributed by atoms with van der Waals surface area (Å²) in [5.41, 5.74) is 5.51. The van der Waals surface area contributed by atoms with E-state index in [4.69, 9.17) is 0 Å². The van der Waals surface area contributed by atoms with Crippen molar-refractivity contribution in [1.29, 1.82) is 0 Å². The normalized spacial score (nSPS) is 14.2. The zero-order valence-corrected chi connectivity index (χ0v) is 10.1. The minimum Gasteiger partial charge on any atom is -0.309 e. The van der Waals surface area contributed by atoms with Crippen LogP contribution in [0.4, 0.5) is 5.69 Å². The summed E-state index contributed by atoms with van der Waals surface area (Å²) in [6.07, 6.45) is 0.850. The lowest BCUT2D eigenvalue weighted by atomic mass is 10.1. The lowest BCUT2D eigenvalue weighted by molar-refractivity contribution is 0.807. The summed E-state index contributed by atoms with van der Waals surface area (Å²) in [6, 6.07) is 20.8. The average molecular weight is 237 g/mol. The van der Waals surface area contributed by atoms with Gasteiger partial charge >= 0.3 is 0 Å². The number of para-hydroxylation sites is 1. The van der Waals surface area contributed by atoms with E-state index < -0.39 is 0 Å². The van der Waals surface area contributed by atoms with Crippen molar-refractivity contribution in [3.8, 4) is 0 Å². The van der Waals surface area contributed by atoms with Crippen LogP contribution in [0.5, 0.6) is 0 Å². The molecule has 1 aliphatic heterocycles. The molecule has 0 amide bonds. The van der Waals surface area contributed by atoms with Crippen LogP contribution < -0.4 is 10.3 Å². The topological polar surface area (TPSA) is 27.6 Å². The molecular formula is C15H15N3. The molecule has 0 bridgehead atoms. The van der Waals surface area contributed by atoms with Crippen LogP contribution in [0.3, 0.4) is 0 Å². The van der Waals surface area contributed by atoms with Crippen molar-refractivity contribution in [3.63, 3.8) is 0 Å². The van der Waals surface area contributed by atoms with Crippen molar-refractivity contribution in [3.05, 3.63) is 66.2 Å². The maximum absolute atomic E-state index is 4.38. The van der Waals surface area contributed by atoms with Gasteiger partial charge in [0.15, 0.2) is 0 Å². The van der Waals surface area contributed by atoms with E-state index in [1.165, 1.54) is 11.3 Å². The Hall–Kier alpha value is -2.29. The summed E-state index contributed by atoms with van der Waals surface area (Å²) in [5, 5.41) is 4.38. The highest BCUT2D eigenvalue weighted by Gasteiger charge is 2.18. The van der Waals surface area contributed by atoms with E-state index in [0.717, 1.165) is 18.9 Å². The Balaban J connectivity index is 1.80. The van der Waals surface area contributed by atoms with Crippen LogP contribution in [-0.4, -0.2) is 12.5 Å². The van der Waals surface area contributed by atoms with Crippen molar-refractivity contribution < 1.29 is 0 Å². The number of rotatable bonds is 3. The molecule has 0 spiro atoms. The number of nitrogens with zero attached hydrogens (tertiary/aromatic N) is 2. The van der Waals surface area contributed by atoms with E-state index >= 15 is 0 Å². The molecule has 3 nitrogen and oxygen atoms in total. The SMILES string of the molecule is c1ccc(CC2=NNCN2c2ccccc2)cc1. The van der Waals surface area contributed by atoms with Crippen LogP contribution >= 0.6 is 0 Å². The Bertz CT molecular complexity index is 534. The molecule has 0 atom stereocenters. The summed E-state index contributed by atoms with van der Waals surface area (Å²) in [4.78, 5) is 2.20. The maximum atomic E-state index is 4.38. The number of amidine groups is 1. The third kappa shape index (κ3) is 2.20. The molecule has 0 fully saturated rings. The minimum absolute atomic E-state index is 0.742. The van der Waals surface area contributed by atoms with Crippen LogP contribution in [0.25, 0.3) is 0 Å². The van der Waals surface area contributed by atoms with Gasteiger partial charge in [-0.2, -0.15) is 5.10 Å². The highest BCUT2D eigenvalue weighted by atomic mass is 15.5. The molecule has 0 unspecified atom stereocenters. The second-order valence-electron chi connectivity index (χ2n) is 4.27. The van der Waals surface area contributed by atoms with Gasteiger partial charge < -0.3 is 4.90 Å². The molecule has 0 radical (unpaired) electrons. The van der Waals surface area contributed by atoms with Gasteiger partial charge in [-0.25, -0.2) is 0 Å². The maximum Gasteiger partial charge on any atom is 0.135 e. The van der Waals surface area contributed by atoms with Gasteiger partial charge in [-0.1, -0.05) is 48.5 Å². The zero-order chi connectivity index (χ0) is 12.2. The van der Waals surface area contributed by atoms with Crippen molar-refractivity contribution in [2.45, 2.75) is 6.42 Å². The molecule has 3 heteroatoms. The molecule has 3 rings (SSSR count). The van der Waals surface area contributed by atoms with Crippen molar-refractivity contribution in [1.82, 2.24) is 5.43 Å². The second kappa shape index (κ2) is 4.92. The van der Waals surface area contributed by atoms with Crippen LogP contribution in [0, 0.1) is 0 Å². The molecule has 0 aliphatic carbocycles. The van der Waals surface area contributed by atoms with Gasteiger partial charge in [0.25, 0.3) is 0 Å². The van der Waals surface area contributed by atoms with E-state index in [9.17, 15) is 0 Å². The van der Waals surface area contributed by atoms with E-state index in [0.29, 0.717) is 0 Å². The van der Waals surface area contributed by atoms with Gasteiger partial charge in [0.1, 0.15) is 12.5 Å². The monoisotopic (exact) mass is 237 g/mol. The number of hydrazone groups is 1. The summed E-state index contributed by atoms with van der Waals surface area (Å²) in [5.74, 6) is 1.06. The first-order valence-electron chi connectivity index (χ1n) is 6.09. The van der Waals surface area contributed by atoms with E-state index in [2.05, 4.69) is 51.8 Å². The quantitative estimate of drug-likeness (QED) is 0.888. The van der Waals surface area contributed by atoms with Crippen LogP contribution in [-0.2, 0) is 6.42 Å². The number of benzene rings is 2. The molecule has 1 aliphatic rings. The Morgan fingerprint density at radius 1 is 0.944 bits per heavy atom. The van der Waals surface area contributed by atoms with Crippen LogP contribution in [0.1, 0.15) is 5.56 Å². The average Bonchev–Trinajstić information content (AvgIpc) is 2.89. The second-order valence-corrected chi connectivity index (χ2v) is 4.27. The van der Waals surface area contributed by atoms with Gasteiger partial charge in [-0.3, -0.25) is 5.43 Å². The number of hydrogen-bond acceptors (Lipinski definition) is 3. The first kappa shape index (κ1) is 10.8. The van der Waals surface area contributed by atoms with Crippen molar-refractivity contribution in [2.24, 2.45) is 5.10 Å².